The number of hydrogen-bond acceptors (Lipinski definition) is 1. The fraction of sp³-hybridized carbons (Fsp3) is 0.100. The lowest BCUT2D eigenvalue weighted by Gasteiger charge is -2.04. The third kappa shape index (κ3) is 1.56. The van der Waals surface area contributed by atoms with Gasteiger partial charge in [-0.15, -0.1) is 0 Å². The van der Waals surface area contributed by atoms with Gasteiger partial charge >= 0.3 is 0 Å². The van der Waals surface area contributed by atoms with Gasteiger partial charge in [-0.1, -0.05) is 23.2 Å². The Morgan fingerprint density at radius 3 is 2.57 bits per heavy atom. The number of halogens is 3. The normalized spacial score (nSPS) is 10.9. The first-order valence-electron chi connectivity index (χ1n) is 4.00. The molecule has 2 aromatic rings. The van der Waals surface area contributed by atoms with Crippen LogP contribution in [0.5, 0.6) is 0 Å². The minimum Gasteiger partial charge on any atom is -0.224 e. The zero-order chi connectivity index (χ0) is 10.3. The van der Waals surface area contributed by atoms with Gasteiger partial charge in [0.2, 0.25) is 0 Å². The van der Waals surface area contributed by atoms with Crippen molar-refractivity contribution in [2.24, 2.45) is 0 Å². The first-order chi connectivity index (χ1) is 6.58. The molecule has 72 valence electrons. The molecular weight excluding hydrogens is 224 g/mol. The van der Waals surface area contributed by atoms with Crippen LogP contribution in [0.4, 0.5) is 4.39 Å². The number of hydrogen-bond donors (Lipinski definition) is 0. The van der Waals surface area contributed by atoms with Crippen molar-refractivity contribution < 1.29 is 4.39 Å². The Morgan fingerprint density at radius 2 is 1.86 bits per heavy atom. The first-order valence-corrected chi connectivity index (χ1v) is 4.75. The molecule has 1 heterocycles. The quantitative estimate of drug-likeness (QED) is 0.623. The van der Waals surface area contributed by atoms with E-state index in [4.69, 9.17) is 23.2 Å². The molecule has 0 N–H and O–H groups in total. The number of benzene rings is 1. The summed E-state index contributed by atoms with van der Waals surface area (Å²) in [5, 5.41) is 1.97. The summed E-state index contributed by atoms with van der Waals surface area (Å²) >= 11 is 11.6. The largest absolute Gasteiger partial charge is 0.224 e. The Hall–Kier alpha value is -0.860. The van der Waals surface area contributed by atoms with E-state index in [-0.39, 0.29) is 11.0 Å². The van der Waals surface area contributed by atoms with Crippen LogP contribution in [0.15, 0.2) is 18.2 Å². The molecule has 0 saturated carbocycles. The molecule has 0 unspecified atom stereocenters. The van der Waals surface area contributed by atoms with Crippen molar-refractivity contribution in [3.05, 3.63) is 39.9 Å². The van der Waals surface area contributed by atoms with E-state index >= 15 is 0 Å². The average Bonchev–Trinajstić information content (AvgIpc) is 2.07. The van der Waals surface area contributed by atoms with E-state index in [0.29, 0.717) is 10.5 Å². The second kappa shape index (κ2) is 3.37. The van der Waals surface area contributed by atoms with Gasteiger partial charge in [0, 0.05) is 5.39 Å². The molecule has 1 aromatic heterocycles. The van der Waals surface area contributed by atoms with Crippen molar-refractivity contribution >= 4 is 34.0 Å². The number of fused-ring (bicyclic) bond motifs is 1. The van der Waals surface area contributed by atoms with Crippen molar-refractivity contribution in [2.45, 2.75) is 6.92 Å². The summed E-state index contributed by atoms with van der Waals surface area (Å²) in [6, 6.07) is 4.47. The molecule has 0 amide bonds. The molecule has 0 aliphatic rings. The Bertz CT molecular complexity index is 464. The summed E-state index contributed by atoms with van der Waals surface area (Å²) in [6.07, 6.45) is 0. The summed E-state index contributed by atoms with van der Waals surface area (Å²) in [7, 11) is 0. The van der Waals surface area contributed by atoms with Crippen molar-refractivity contribution in [1.29, 1.82) is 0 Å². The molecule has 0 atom stereocenters. The zero-order valence-electron chi connectivity index (χ0n) is 7.31. The fourth-order valence-corrected chi connectivity index (χ4v) is 1.91. The van der Waals surface area contributed by atoms with Crippen LogP contribution in [0.1, 0.15) is 5.56 Å². The second-order valence-electron chi connectivity index (χ2n) is 3.05. The van der Waals surface area contributed by atoms with Crippen LogP contribution in [0.3, 0.4) is 0 Å². The van der Waals surface area contributed by atoms with Gasteiger partial charge in [-0.05, 0) is 36.1 Å². The maximum absolute atomic E-state index is 13.1. The smallest absolute Gasteiger partial charge is 0.138 e. The maximum atomic E-state index is 13.1. The molecule has 0 radical (unpaired) electrons. The monoisotopic (exact) mass is 229 g/mol. The molecule has 4 heteroatoms. The molecular formula is C10H6Cl2FN. The number of nitrogens with zero attached hydrogens (tertiary/aromatic N) is 1. The first kappa shape index (κ1) is 9.69. The minimum absolute atomic E-state index is 0.232. The maximum Gasteiger partial charge on any atom is 0.138 e. The third-order valence-corrected chi connectivity index (χ3v) is 2.52. The van der Waals surface area contributed by atoms with Crippen LogP contribution in [0.2, 0.25) is 10.3 Å². The molecule has 0 spiro atoms. The highest BCUT2D eigenvalue weighted by atomic mass is 35.5. The van der Waals surface area contributed by atoms with Gasteiger partial charge in [0.25, 0.3) is 0 Å². The minimum atomic E-state index is -0.318. The lowest BCUT2D eigenvalue weighted by molar-refractivity contribution is 0.628. The van der Waals surface area contributed by atoms with Crippen molar-refractivity contribution in [1.82, 2.24) is 4.98 Å². The molecule has 0 aliphatic heterocycles. The average molecular weight is 230 g/mol. The lowest BCUT2D eigenvalue weighted by Crippen LogP contribution is -1.86. The van der Waals surface area contributed by atoms with Crippen LogP contribution in [-0.4, -0.2) is 4.98 Å². The van der Waals surface area contributed by atoms with Crippen LogP contribution in [0, 0.1) is 12.7 Å². The van der Waals surface area contributed by atoms with Gasteiger partial charge in [-0.3, -0.25) is 0 Å². The van der Waals surface area contributed by atoms with Gasteiger partial charge < -0.3 is 0 Å². The zero-order valence-corrected chi connectivity index (χ0v) is 8.83. The van der Waals surface area contributed by atoms with Gasteiger partial charge in [0.15, 0.2) is 0 Å². The fourth-order valence-electron chi connectivity index (χ4n) is 1.42. The van der Waals surface area contributed by atoms with E-state index in [9.17, 15) is 4.39 Å². The Labute approximate surface area is 90.5 Å². The van der Waals surface area contributed by atoms with Gasteiger partial charge in [0.05, 0.1) is 0 Å². The Balaban J connectivity index is 2.94. The summed E-state index contributed by atoms with van der Waals surface area (Å²) in [4.78, 5) is 3.85. The van der Waals surface area contributed by atoms with Gasteiger partial charge in [-0.2, -0.15) is 0 Å². The molecule has 2 rings (SSSR count). The predicted octanol–water partition coefficient (Wildman–Crippen LogP) is 3.99. The number of pyridine rings is 1. The van der Waals surface area contributed by atoms with E-state index < -0.39 is 0 Å². The molecule has 0 saturated heterocycles. The van der Waals surface area contributed by atoms with Crippen LogP contribution >= 0.6 is 23.2 Å². The van der Waals surface area contributed by atoms with Crippen molar-refractivity contribution in [3.8, 4) is 0 Å². The van der Waals surface area contributed by atoms with Crippen LogP contribution in [0.25, 0.3) is 10.8 Å². The highest BCUT2D eigenvalue weighted by molar-refractivity contribution is 6.36. The molecule has 0 fully saturated rings. The van der Waals surface area contributed by atoms with E-state index in [1.807, 2.05) is 0 Å². The van der Waals surface area contributed by atoms with E-state index in [2.05, 4.69) is 4.98 Å². The van der Waals surface area contributed by atoms with Gasteiger partial charge in [-0.25, -0.2) is 9.37 Å². The Kier molecular flexibility index (Phi) is 2.33. The highest BCUT2D eigenvalue weighted by Crippen LogP contribution is 2.27. The molecule has 14 heavy (non-hydrogen) atoms. The van der Waals surface area contributed by atoms with E-state index in [0.717, 1.165) is 10.9 Å². The van der Waals surface area contributed by atoms with Gasteiger partial charge in [0.1, 0.15) is 16.1 Å². The highest BCUT2D eigenvalue weighted by Gasteiger charge is 2.06. The van der Waals surface area contributed by atoms with E-state index in [1.54, 1.807) is 13.0 Å². The standard InChI is InChI=1S/C10H6Cl2FN/c1-5-2-6(13)3-8-7(5)4-9(11)14-10(8)12/h2-4H,1H3. The SMILES string of the molecule is Cc1cc(F)cc2c(Cl)nc(Cl)cc12. The third-order valence-electron chi connectivity index (χ3n) is 2.04. The number of aromatic nitrogens is 1. The summed E-state index contributed by atoms with van der Waals surface area (Å²) in [5.74, 6) is -0.318. The molecule has 0 aliphatic carbocycles. The molecule has 1 nitrogen and oxygen atoms in total. The van der Waals surface area contributed by atoms with Crippen LogP contribution < -0.4 is 0 Å². The van der Waals surface area contributed by atoms with Crippen molar-refractivity contribution in [2.75, 3.05) is 0 Å². The Morgan fingerprint density at radius 1 is 1.14 bits per heavy atom. The predicted molar refractivity (Wildman–Crippen MR) is 56.5 cm³/mol. The second-order valence-corrected chi connectivity index (χ2v) is 3.80. The van der Waals surface area contributed by atoms with E-state index in [1.165, 1.54) is 12.1 Å². The molecule has 0 bridgehead atoms. The number of aryl methyl sites for hydroxylation is 1. The number of rotatable bonds is 0. The summed E-state index contributed by atoms with van der Waals surface area (Å²) in [6.45, 7) is 1.80. The summed E-state index contributed by atoms with van der Waals surface area (Å²) < 4.78 is 13.1. The van der Waals surface area contributed by atoms with Crippen LogP contribution in [-0.2, 0) is 0 Å². The summed E-state index contributed by atoms with van der Waals surface area (Å²) in [5.41, 5.74) is 0.797. The van der Waals surface area contributed by atoms with Crippen molar-refractivity contribution in [3.63, 3.8) is 0 Å². The lowest BCUT2D eigenvalue weighted by atomic mass is 10.1. The topological polar surface area (TPSA) is 12.9 Å². The molecule has 1 aromatic carbocycles.